The highest BCUT2D eigenvalue weighted by Crippen LogP contribution is 2.40. The lowest BCUT2D eigenvalue weighted by molar-refractivity contribution is -0.143. The fourth-order valence-corrected chi connectivity index (χ4v) is 9.09. The van der Waals surface area contributed by atoms with E-state index in [9.17, 15) is 14.3 Å². The van der Waals surface area contributed by atoms with Crippen LogP contribution in [0.2, 0.25) is 0 Å². The number of aryl methyl sites for hydroxylation is 2. The molecular formula is C37H50FN7O2. The minimum atomic E-state index is -0.659. The van der Waals surface area contributed by atoms with Crippen LogP contribution in [0.1, 0.15) is 111 Å². The third kappa shape index (κ3) is 7.09. The molecule has 3 N–H and O–H groups in total. The van der Waals surface area contributed by atoms with Crippen molar-refractivity contribution < 1.29 is 14.3 Å². The summed E-state index contributed by atoms with van der Waals surface area (Å²) in [6.07, 6.45) is 16.1. The molecule has 2 aliphatic heterocycles. The number of carboxylic acids is 1. The number of fused-ring (bicyclic) bond motifs is 3. The number of nitrogens with zero attached hydrogens (tertiary/aromatic N) is 5. The molecule has 4 heterocycles. The Kier molecular flexibility index (Phi) is 9.59. The molecule has 2 saturated heterocycles. The highest BCUT2D eigenvalue weighted by atomic mass is 19.1. The molecule has 1 aromatic carbocycles. The summed E-state index contributed by atoms with van der Waals surface area (Å²) in [7, 11) is 1.97. The normalized spacial score (nSPS) is 27.0. The average molecular weight is 644 g/mol. The van der Waals surface area contributed by atoms with Crippen LogP contribution in [0.4, 0.5) is 10.2 Å². The second kappa shape index (κ2) is 14.0. The highest BCUT2D eigenvalue weighted by molar-refractivity contribution is 5.70. The van der Waals surface area contributed by atoms with E-state index in [1.54, 1.807) is 6.07 Å². The van der Waals surface area contributed by atoms with Gasteiger partial charge in [0.05, 0.1) is 24.7 Å². The molecule has 4 aliphatic rings. The largest absolute Gasteiger partial charge is 0.481 e. The zero-order valence-electron chi connectivity index (χ0n) is 27.9. The molecule has 3 aromatic rings. The Morgan fingerprint density at radius 2 is 1.83 bits per heavy atom. The summed E-state index contributed by atoms with van der Waals surface area (Å²) in [5.41, 5.74) is 4.43. The summed E-state index contributed by atoms with van der Waals surface area (Å²) in [6.45, 7) is 3.69. The lowest BCUT2D eigenvalue weighted by Gasteiger charge is -2.33. The summed E-state index contributed by atoms with van der Waals surface area (Å²) in [5, 5.41) is 21.7. The van der Waals surface area contributed by atoms with Gasteiger partial charge in [-0.15, -0.1) is 0 Å². The minimum absolute atomic E-state index is 0.0343. The van der Waals surface area contributed by atoms with E-state index in [-0.39, 0.29) is 23.7 Å². The molecule has 9 nitrogen and oxygen atoms in total. The van der Waals surface area contributed by atoms with Crippen LogP contribution in [0.3, 0.4) is 0 Å². The number of rotatable bonds is 12. The van der Waals surface area contributed by atoms with Gasteiger partial charge in [0.2, 0.25) is 0 Å². The molecule has 0 amide bonds. The third-order valence-electron chi connectivity index (χ3n) is 11.7. The van der Waals surface area contributed by atoms with E-state index >= 15 is 0 Å². The van der Waals surface area contributed by atoms with Crippen molar-refractivity contribution in [3.05, 3.63) is 70.7 Å². The predicted molar refractivity (Wildman–Crippen MR) is 180 cm³/mol. The maximum absolute atomic E-state index is 14.3. The van der Waals surface area contributed by atoms with Crippen molar-refractivity contribution in [2.24, 2.45) is 18.9 Å². The summed E-state index contributed by atoms with van der Waals surface area (Å²) in [4.78, 5) is 24.6. The van der Waals surface area contributed by atoms with E-state index < -0.39 is 5.97 Å². The molecule has 3 fully saturated rings. The second-order valence-electron chi connectivity index (χ2n) is 14.6. The molecule has 1 saturated carbocycles. The Morgan fingerprint density at radius 1 is 1.06 bits per heavy atom. The highest BCUT2D eigenvalue weighted by Gasteiger charge is 2.40. The number of halogens is 1. The Hall–Kier alpha value is -3.37. The van der Waals surface area contributed by atoms with Crippen molar-refractivity contribution in [2.45, 2.75) is 121 Å². The van der Waals surface area contributed by atoms with Crippen molar-refractivity contribution in [3.8, 4) is 0 Å². The first-order valence-electron chi connectivity index (χ1n) is 18.0. The van der Waals surface area contributed by atoms with E-state index in [0.717, 1.165) is 91.9 Å². The Balaban J connectivity index is 1.16. The van der Waals surface area contributed by atoms with Gasteiger partial charge in [-0.3, -0.25) is 14.4 Å². The van der Waals surface area contributed by atoms with Gasteiger partial charge in [-0.1, -0.05) is 19.1 Å². The van der Waals surface area contributed by atoms with Gasteiger partial charge in [-0.2, -0.15) is 5.10 Å². The molecule has 2 bridgehead atoms. The Labute approximate surface area is 277 Å². The predicted octanol–water partition coefficient (Wildman–Crippen LogP) is 6.16. The molecule has 0 unspecified atom stereocenters. The summed E-state index contributed by atoms with van der Waals surface area (Å²) in [5.74, 6) is 1.30. The van der Waals surface area contributed by atoms with Crippen LogP contribution in [0.15, 0.2) is 36.7 Å². The number of carbonyl (C=O) groups is 1. The third-order valence-corrected chi connectivity index (χ3v) is 11.7. The Morgan fingerprint density at radius 3 is 2.49 bits per heavy atom. The lowest BCUT2D eigenvalue weighted by atomic mass is 9.78. The van der Waals surface area contributed by atoms with Gasteiger partial charge >= 0.3 is 5.97 Å². The van der Waals surface area contributed by atoms with Gasteiger partial charge in [0.1, 0.15) is 17.5 Å². The number of anilines is 1. The van der Waals surface area contributed by atoms with Crippen LogP contribution in [-0.4, -0.2) is 60.4 Å². The van der Waals surface area contributed by atoms with Crippen LogP contribution in [0, 0.1) is 17.7 Å². The molecule has 47 heavy (non-hydrogen) atoms. The standard InChI is InChI=1S/C37H50FN7O2/c1-3-32(23-7-9-24(10-8-23)37(46)47)39-20-35-41-33-16-11-26(25-5-4-6-28(38)17-25)18-31(33)36(43-35)42-34(27-19-40-44(2)21-27)22-45-29-12-13-30(45)15-14-29/h4-6,17,19,21,23-24,26,29-30,32,34,39H,3,7-16,18,20,22H2,1-2H3,(H,46,47)(H,41,42,43)/t23?,24?,26-,29?,30?,32-,34+/m1/s1. The number of benzene rings is 1. The minimum Gasteiger partial charge on any atom is -0.481 e. The lowest BCUT2D eigenvalue weighted by Crippen LogP contribution is -2.38. The van der Waals surface area contributed by atoms with Crippen LogP contribution in [0.25, 0.3) is 0 Å². The maximum Gasteiger partial charge on any atom is 0.306 e. The molecule has 7 rings (SSSR count). The molecule has 10 heteroatoms. The fraction of sp³-hybridized carbons (Fsp3) is 0.622. The van der Waals surface area contributed by atoms with Gasteiger partial charge in [-0.25, -0.2) is 14.4 Å². The maximum atomic E-state index is 14.3. The quantitative estimate of drug-likeness (QED) is 0.215. The van der Waals surface area contributed by atoms with Gasteiger partial charge in [-0.05, 0) is 107 Å². The van der Waals surface area contributed by atoms with E-state index in [4.69, 9.17) is 9.97 Å². The number of hydrogen-bond acceptors (Lipinski definition) is 7. The van der Waals surface area contributed by atoms with E-state index in [0.29, 0.717) is 30.6 Å². The van der Waals surface area contributed by atoms with Gasteiger partial charge in [0, 0.05) is 54.7 Å². The van der Waals surface area contributed by atoms with Crippen molar-refractivity contribution >= 4 is 11.8 Å². The molecular weight excluding hydrogens is 593 g/mol. The SMILES string of the molecule is CC[C@@H](NCc1nc2c(c(N[C@@H](CN3C4CCC3CC4)c3cnn(C)c3)n1)C[C@H](c1cccc(F)c1)CC2)C1CCC(C(=O)O)CC1. The monoisotopic (exact) mass is 643 g/mol. The number of hydrogen-bond donors (Lipinski definition) is 3. The molecule has 0 spiro atoms. The number of carboxylic acid groups (broad SMARTS) is 1. The molecule has 0 radical (unpaired) electrons. The topological polar surface area (TPSA) is 108 Å². The zero-order valence-corrected chi connectivity index (χ0v) is 27.9. The van der Waals surface area contributed by atoms with Crippen molar-refractivity contribution in [1.82, 2.24) is 30.0 Å². The summed E-state index contributed by atoms with van der Waals surface area (Å²) >= 11 is 0. The Bertz CT molecular complexity index is 1530. The number of aliphatic carboxylic acids is 1. The van der Waals surface area contributed by atoms with Crippen LogP contribution >= 0.6 is 0 Å². The zero-order chi connectivity index (χ0) is 32.5. The first-order valence-corrected chi connectivity index (χ1v) is 18.0. The first kappa shape index (κ1) is 32.2. The van der Waals surface area contributed by atoms with E-state index in [1.165, 1.54) is 31.7 Å². The van der Waals surface area contributed by atoms with Gasteiger partial charge in [0.15, 0.2) is 0 Å². The smallest absolute Gasteiger partial charge is 0.306 e. The molecule has 2 aliphatic carbocycles. The number of nitrogens with one attached hydrogen (secondary N) is 2. The molecule has 2 aromatic heterocycles. The van der Waals surface area contributed by atoms with Crippen molar-refractivity contribution in [3.63, 3.8) is 0 Å². The van der Waals surface area contributed by atoms with Crippen LogP contribution < -0.4 is 10.6 Å². The van der Waals surface area contributed by atoms with Crippen LogP contribution in [-0.2, 0) is 31.2 Å². The average Bonchev–Trinajstić information content (AvgIpc) is 3.80. The summed E-state index contributed by atoms with van der Waals surface area (Å²) in [6, 6.07) is 8.70. The van der Waals surface area contributed by atoms with Gasteiger partial charge in [0.25, 0.3) is 0 Å². The van der Waals surface area contributed by atoms with Crippen molar-refractivity contribution in [2.75, 3.05) is 11.9 Å². The second-order valence-corrected chi connectivity index (χ2v) is 14.6. The van der Waals surface area contributed by atoms with E-state index in [1.807, 2.05) is 30.1 Å². The van der Waals surface area contributed by atoms with Crippen LogP contribution in [0.5, 0.6) is 0 Å². The van der Waals surface area contributed by atoms with Crippen molar-refractivity contribution in [1.29, 1.82) is 0 Å². The van der Waals surface area contributed by atoms with Gasteiger partial charge < -0.3 is 15.7 Å². The fourth-order valence-electron chi connectivity index (χ4n) is 9.09. The first-order chi connectivity index (χ1) is 22.8. The molecule has 252 valence electrons. The molecule has 3 atom stereocenters. The number of aromatic nitrogens is 4. The van der Waals surface area contributed by atoms with E-state index in [2.05, 4.69) is 33.8 Å². The summed E-state index contributed by atoms with van der Waals surface area (Å²) < 4.78 is 16.1.